The Balaban J connectivity index is 3.18. The molecule has 0 N–H and O–H groups in total. The number of nitrogens with zero attached hydrogens (tertiary/aromatic N) is 1. The van der Waals surface area contributed by atoms with Crippen molar-refractivity contribution in [2.24, 2.45) is 0 Å². The predicted molar refractivity (Wildman–Crippen MR) is 56.0 cm³/mol. The largest absolute Gasteiger partial charge is 0.495 e. The third-order valence-corrected chi connectivity index (χ3v) is 2.20. The third kappa shape index (κ3) is 3.12. The average molecular weight is 263 g/mol. The highest BCUT2D eigenvalue weighted by Gasteiger charge is 2.25. The van der Waals surface area contributed by atoms with E-state index in [2.05, 4.69) is 14.5 Å². The van der Waals surface area contributed by atoms with Crippen molar-refractivity contribution in [1.29, 1.82) is 0 Å². The van der Waals surface area contributed by atoms with Crippen LogP contribution in [0, 0.1) is 5.95 Å². The summed E-state index contributed by atoms with van der Waals surface area (Å²) < 4.78 is 48.4. The standard InChI is InChI=1S/C11H12F3NO3/c1-3-18-8(16)4-6-9(10(12)13)7(17-2)5-15-11(6)14/h5,10H,3-4H2,1-2H3. The number of pyridine rings is 1. The van der Waals surface area contributed by atoms with Gasteiger partial charge in [-0.3, -0.25) is 4.79 Å². The van der Waals surface area contributed by atoms with Gasteiger partial charge in [-0.15, -0.1) is 0 Å². The lowest BCUT2D eigenvalue weighted by atomic mass is 10.1. The molecule has 0 amide bonds. The van der Waals surface area contributed by atoms with Gasteiger partial charge >= 0.3 is 5.97 Å². The molecule has 0 bridgehead atoms. The first kappa shape index (κ1) is 14.3. The van der Waals surface area contributed by atoms with Crippen LogP contribution in [0.4, 0.5) is 13.2 Å². The van der Waals surface area contributed by atoms with Gasteiger partial charge in [-0.1, -0.05) is 0 Å². The Morgan fingerprint density at radius 1 is 1.50 bits per heavy atom. The van der Waals surface area contributed by atoms with E-state index in [0.717, 1.165) is 13.3 Å². The highest BCUT2D eigenvalue weighted by molar-refractivity contribution is 5.73. The van der Waals surface area contributed by atoms with Crippen molar-refractivity contribution in [2.75, 3.05) is 13.7 Å². The zero-order chi connectivity index (χ0) is 13.7. The summed E-state index contributed by atoms with van der Waals surface area (Å²) in [6.07, 6.45) is -2.73. The van der Waals surface area contributed by atoms with E-state index in [1.807, 2.05) is 0 Å². The quantitative estimate of drug-likeness (QED) is 0.604. The van der Waals surface area contributed by atoms with Gasteiger partial charge in [-0.25, -0.2) is 13.8 Å². The van der Waals surface area contributed by atoms with E-state index in [1.54, 1.807) is 6.92 Å². The van der Waals surface area contributed by atoms with Gasteiger partial charge in [0, 0.05) is 5.56 Å². The van der Waals surface area contributed by atoms with Gasteiger partial charge in [0.05, 0.1) is 31.9 Å². The molecule has 0 atom stereocenters. The van der Waals surface area contributed by atoms with E-state index in [0.29, 0.717) is 0 Å². The number of aromatic nitrogens is 1. The van der Waals surface area contributed by atoms with Crippen LogP contribution in [0.15, 0.2) is 6.20 Å². The molecule has 0 radical (unpaired) electrons. The Morgan fingerprint density at radius 2 is 2.17 bits per heavy atom. The van der Waals surface area contributed by atoms with Crippen molar-refractivity contribution < 1.29 is 27.4 Å². The number of rotatable bonds is 5. The molecule has 0 saturated carbocycles. The topological polar surface area (TPSA) is 48.4 Å². The summed E-state index contributed by atoms with van der Waals surface area (Å²) in [6.45, 7) is 1.65. The number of carbonyl (C=O) groups excluding carboxylic acids is 1. The van der Waals surface area contributed by atoms with Crippen molar-refractivity contribution in [3.63, 3.8) is 0 Å². The SMILES string of the molecule is CCOC(=O)Cc1c(F)ncc(OC)c1C(F)F. The molecule has 100 valence electrons. The zero-order valence-electron chi connectivity index (χ0n) is 9.87. The first-order valence-corrected chi connectivity index (χ1v) is 5.16. The van der Waals surface area contributed by atoms with Gasteiger partial charge in [0.1, 0.15) is 5.75 Å². The Kier molecular flexibility index (Phi) is 4.94. The van der Waals surface area contributed by atoms with E-state index < -0.39 is 35.9 Å². The number of methoxy groups -OCH3 is 1. The lowest BCUT2D eigenvalue weighted by molar-refractivity contribution is -0.142. The van der Waals surface area contributed by atoms with Crippen LogP contribution in [0.5, 0.6) is 5.75 Å². The minimum absolute atomic E-state index is 0.0852. The molecule has 7 heteroatoms. The fourth-order valence-corrected chi connectivity index (χ4v) is 1.45. The van der Waals surface area contributed by atoms with Gasteiger partial charge in [-0.2, -0.15) is 4.39 Å². The van der Waals surface area contributed by atoms with Gasteiger partial charge in [-0.05, 0) is 6.92 Å². The summed E-state index contributed by atoms with van der Waals surface area (Å²) in [7, 11) is 1.16. The monoisotopic (exact) mass is 263 g/mol. The summed E-state index contributed by atoms with van der Waals surface area (Å²) in [4.78, 5) is 14.5. The fraction of sp³-hybridized carbons (Fsp3) is 0.455. The van der Waals surface area contributed by atoms with E-state index >= 15 is 0 Å². The Labute approximate surface area is 102 Å². The van der Waals surface area contributed by atoms with Crippen LogP contribution in [-0.4, -0.2) is 24.7 Å². The molecule has 0 aliphatic rings. The maximum absolute atomic E-state index is 13.4. The molecular formula is C11H12F3NO3. The van der Waals surface area contributed by atoms with Crippen LogP contribution < -0.4 is 4.74 Å². The van der Waals surface area contributed by atoms with Crippen LogP contribution in [0.3, 0.4) is 0 Å². The smallest absolute Gasteiger partial charge is 0.310 e. The second-order valence-corrected chi connectivity index (χ2v) is 3.29. The molecule has 1 aromatic rings. The predicted octanol–water partition coefficient (Wildman–Crippen LogP) is 2.27. The Bertz CT molecular complexity index is 438. The van der Waals surface area contributed by atoms with Gasteiger partial charge < -0.3 is 9.47 Å². The van der Waals surface area contributed by atoms with Crippen molar-refractivity contribution in [3.8, 4) is 5.75 Å². The van der Waals surface area contributed by atoms with Crippen LogP contribution in [0.2, 0.25) is 0 Å². The number of alkyl halides is 2. The minimum Gasteiger partial charge on any atom is -0.495 e. The summed E-state index contributed by atoms with van der Waals surface area (Å²) in [5.41, 5.74) is -1.17. The number of hydrogen-bond donors (Lipinski definition) is 0. The highest BCUT2D eigenvalue weighted by Crippen LogP contribution is 2.32. The lowest BCUT2D eigenvalue weighted by Crippen LogP contribution is -2.13. The van der Waals surface area contributed by atoms with Gasteiger partial charge in [0.15, 0.2) is 0 Å². The maximum Gasteiger partial charge on any atom is 0.310 e. The van der Waals surface area contributed by atoms with E-state index in [-0.39, 0.29) is 12.4 Å². The van der Waals surface area contributed by atoms with Gasteiger partial charge in [0.2, 0.25) is 5.95 Å². The number of halogens is 3. The normalized spacial score (nSPS) is 10.6. The maximum atomic E-state index is 13.4. The average Bonchev–Trinajstić information content (AvgIpc) is 2.31. The molecule has 0 aromatic carbocycles. The Hall–Kier alpha value is -1.79. The first-order valence-electron chi connectivity index (χ1n) is 5.16. The molecule has 0 aliphatic carbocycles. The van der Waals surface area contributed by atoms with Gasteiger partial charge in [0.25, 0.3) is 6.43 Å². The molecule has 4 nitrogen and oxygen atoms in total. The van der Waals surface area contributed by atoms with Crippen molar-refractivity contribution in [2.45, 2.75) is 19.8 Å². The van der Waals surface area contributed by atoms with Crippen LogP contribution in [-0.2, 0) is 16.0 Å². The summed E-state index contributed by atoms with van der Waals surface area (Å²) in [5.74, 6) is -2.18. The number of esters is 1. The fourth-order valence-electron chi connectivity index (χ4n) is 1.45. The van der Waals surface area contributed by atoms with Crippen LogP contribution >= 0.6 is 0 Å². The second-order valence-electron chi connectivity index (χ2n) is 3.29. The first-order chi connectivity index (χ1) is 8.51. The summed E-state index contributed by atoms with van der Waals surface area (Å²) in [6, 6.07) is 0. The molecule has 0 spiro atoms. The summed E-state index contributed by atoms with van der Waals surface area (Å²) >= 11 is 0. The highest BCUT2D eigenvalue weighted by atomic mass is 19.3. The summed E-state index contributed by atoms with van der Waals surface area (Å²) in [5, 5.41) is 0. The van der Waals surface area contributed by atoms with E-state index in [4.69, 9.17) is 0 Å². The third-order valence-electron chi connectivity index (χ3n) is 2.20. The van der Waals surface area contributed by atoms with E-state index in [9.17, 15) is 18.0 Å². The van der Waals surface area contributed by atoms with Crippen molar-refractivity contribution in [1.82, 2.24) is 4.98 Å². The molecular weight excluding hydrogens is 251 g/mol. The number of ether oxygens (including phenoxy) is 2. The zero-order valence-corrected chi connectivity index (χ0v) is 9.87. The molecule has 1 heterocycles. The molecule has 1 aromatic heterocycles. The van der Waals surface area contributed by atoms with Crippen LogP contribution in [0.25, 0.3) is 0 Å². The van der Waals surface area contributed by atoms with Crippen LogP contribution in [0.1, 0.15) is 24.5 Å². The lowest BCUT2D eigenvalue weighted by Gasteiger charge is -2.12. The molecule has 0 fully saturated rings. The molecule has 0 saturated heterocycles. The van der Waals surface area contributed by atoms with E-state index in [1.165, 1.54) is 0 Å². The number of hydrogen-bond acceptors (Lipinski definition) is 4. The Morgan fingerprint density at radius 3 is 2.67 bits per heavy atom. The van der Waals surface area contributed by atoms with Crippen molar-refractivity contribution in [3.05, 3.63) is 23.3 Å². The molecule has 0 aliphatic heterocycles. The number of carbonyl (C=O) groups is 1. The van der Waals surface area contributed by atoms with Crippen molar-refractivity contribution >= 4 is 5.97 Å². The molecule has 18 heavy (non-hydrogen) atoms. The minimum atomic E-state index is -2.97. The molecule has 0 unspecified atom stereocenters. The second kappa shape index (κ2) is 6.23. The molecule has 1 rings (SSSR count).